The Morgan fingerprint density at radius 1 is 1.67 bits per heavy atom. The van der Waals surface area contributed by atoms with E-state index < -0.39 is 5.97 Å². The van der Waals surface area contributed by atoms with Crippen molar-refractivity contribution in [2.45, 2.75) is 19.4 Å². The minimum atomic E-state index is -1.07. The fourth-order valence-corrected chi connectivity index (χ4v) is 2.08. The number of carboxylic acid groups (broad SMARTS) is 1. The van der Waals surface area contributed by atoms with Crippen molar-refractivity contribution in [3.05, 3.63) is 34.9 Å². The number of aromatic nitrogens is 2. The highest BCUT2D eigenvalue weighted by Gasteiger charge is 2.19. The van der Waals surface area contributed by atoms with E-state index in [4.69, 9.17) is 16.7 Å². The van der Waals surface area contributed by atoms with Gasteiger partial charge in [0, 0.05) is 18.7 Å². The second kappa shape index (κ2) is 4.96. The van der Waals surface area contributed by atoms with Crippen LogP contribution in [-0.4, -0.2) is 33.6 Å². The van der Waals surface area contributed by atoms with Crippen LogP contribution in [0.3, 0.4) is 0 Å². The zero-order valence-corrected chi connectivity index (χ0v) is 10.9. The van der Waals surface area contributed by atoms with Gasteiger partial charge in [-0.3, -0.25) is 0 Å². The number of hydrogen-bond donors (Lipinski definition) is 2. The molecule has 1 unspecified atom stereocenters. The maximum atomic E-state index is 11.2. The van der Waals surface area contributed by atoms with Crippen LogP contribution in [-0.2, 0) is 6.42 Å². The molecule has 0 aromatic carbocycles. The van der Waals surface area contributed by atoms with Gasteiger partial charge in [0.1, 0.15) is 5.82 Å². The number of carboxylic acids is 1. The van der Waals surface area contributed by atoms with E-state index >= 15 is 0 Å². The zero-order valence-electron chi connectivity index (χ0n) is 10.1. The summed E-state index contributed by atoms with van der Waals surface area (Å²) in [6.45, 7) is 2.01. The molecule has 0 amide bonds. The molecule has 18 heavy (non-hydrogen) atoms. The van der Waals surface area contributed by atoms with Gasteiger partial charge in [0.2, 0.25) is 0 Å². The number of imidazole rings is 1. The lowest BCUT2D eigenvalue weighted by atomic mass is 10.2. The SMILES string of the molecule is CNC(C)Cc1nc(C(=O)O)c2c(Cl)cccn12. The third kappa shape index (κ3) is 2.19. The molecule has 2 heterocycles. The number of nitrogens with one attached hydrogen (secondary N) is 1. The number of carbonyl (C=O) groups is 1. The molecule has 1 atom stereocenters. The molecule has 0 bridgehead atoms. The Morgan fingerprint density at radius 2 is 2.39 bits per heavy atom. The standard InChI is InChI=1S/C12H14ClN3O2/c1-7(14-2)6-9-15-10(12(17)18)11-8(13)4-3-5-16(9)11/h3-5,7,14H,6H2,1-2H3,(H,17,18). The fraction of sp³-hybridized carbons (Fsp3) is 0.333. The van der Waals surface area contributed by atoms with Crippen molar-refractivity contribution in [1.29, 1.82) is 0 Å². The van der Waals surface area contributed by atoms with E-state index in [1.807, 2.05) is 14.0 Å². The highest BCUT2D eigenvalue weighted by molar-refractivity contribution is 6.34. The van der Waals surface area contributed by atoms with Crippen LogP contribution in [0.2, 0.25) is 5.02 Å². The molecular weight excluding hydrogens is 254 g/mol. The van der Waals surface area contributed by atoms with Gasteiger partial charge in [0.15, 0.2) is 5.69 Å². The predicted molar refractivity (Wildman–Crippen MR) is 69.4 cm³/mol. The monoisotopic (exact) mass is 267 g/mol. The molecule has 0 aliphatic carbocycles. The third-order valence-electron chi connectivity index (χ3n) is 2.87. The van der Waals surface area contributed by atoms with Crippen LogP contribution in [0.1, 0.15) is 23.2 Å². The van der Waals surface area contributed by atoms with Crippen LogP contribution in [0.5, 0.6) is 0 Å². The minimum absolute atomic E-state index is 0.00102. The van der Waals surface area contributed by atoms with Gasteiger partial charge in [-0.2, -0.15) is 0 Å². The molecule has 0 radical (unpaired) electrons. The Morgan fingerprint density at radius 3 is 3.00 bits per heavy atom. The first kappa shape index (κ1) is 12.9. The van der Waals surface area contributed by atoms with E-state index in [0.29, 0.717) is 22.8 Å². The summed E-state index contributed by atoms with van der Waals surface area (Å²) < 4.78 is 1.74. The second-order valence-electron chi connectivity index (χ2n) is 4.15. The molecule has 6 heteroatoms. The van der Waals surface area contributed by atoms with Gasteiger partial charge in [0.05, 0.1) is 10.5 Å². The maximum Gasteiger partial charge on any atom is 0.356 e. The first-order chi connectivity index (χ1) is 8.54. The normalized spacial score (nSPS) is 12.8. The summed E-state index contributed by atoms with van der Waals surface area (Å²) in [7, 11) is 1.85. The molecule has 0 saturated carbocycles. The molecule has 2 N–H and O–H groups in total. The van der Waals surface area contributed by atoms with E-state index in [1.165, 1.54) is 0 Å². The molecule has 96 valence electrons. The molecule has 2 aromatic rings. The number of nitrogens with zero attached hydrogens (tertiary/aromatic N) is 2. The van der Waals surface area contributed by atoms with E-state index in [1.54, 1.807) is 22.7 Å². The molecule has 5 nitrogen and oxygen atoms in total. The smallest absolute Gasteiger partial charge is 0.356 e. The summed E-state index contributed by atoms with van der Waals surface area (Å²) in [6.07, 6.45) is 2.41. The molecule has 2 aromatic heterocycles. The lowest BCUT2D eigenvalue weighted by Crippen LogP contribution is -2.24. The van der Waals surface area contributed by atoms with Crippen LogP contribution >= 0.6 is 11.6 Å². The Bertz CT molecular complexity index is 594. The summed E-state index contributed by atoms with van der Waals surface area (Å²) in [5.74, 6) is -0.379. The largest absolute Gasteiger partial charge is 0.476 e. The molecule has 0 saturated heterocycles. The predicted octanol–water partition coefficient (Wildman–Crippen LogP) is 1.84. The highest BCUT2D eigenvalue weighted by Crippen LogP contribution is 2.23. The molecule has 2 rings (SSSR count). The maximum absolute atomic E-state index is 11.2. The number of hydrogen-bond acceptors (Lipinski definition) is 3. The Balaban J connectivity index is 2.61. The Kier molecular flexibility index (Phi) is 3.54. The summed E-state index contributed by atoms with van der Waals surface area (Å²) in [5.41, 5.74) is 0.448. The first-order valence-electron chi connectivity index (χ1n) is 5.60. The van der Waals surface area contributed by atoms with Gasteiger partial charge < -0.3 is 14.8 Å². The average Bonchev–Trinajstić information content (AvgIpc) is 2.70. The van der Waals surface area contributed by atoms with E-state index in [2.05, 4.69) is 10.3 Å². The lowest BCUT2D eigenvalue weighted by Gasteiger charge is -2.08. The summed E-state index contributed by atoms with van der Waals surface area (Å²) in [5, 5.41) is 12.7. The van der Waals surface area contributed by atoms with E-state index in [9.17, 15) is 4.79 Å². The Labute approximate surface area is 109 Å². The van der Waals surface area contributed by atoms with Gasteiger partial charge >= 0.3 is 5.97 Å². The molecule has 0 spiro atoms. The van der Waals surface area contributed by atoms with Gasteiger partial charge in [-0.25, -0.2) is 9.78 Å². The average molecular weight is 268 g/mol. The van der Waals surface area contributed by atoms with Crippen LogP contribution in [0.4, 0.5) is 0 Å². The van der Waals surface area contributed by atoms with Crippen molar-refractivity contribution in [3.63, 3.8) is 0 Å². The van der Waals surface area contributed by atoms with Crippen LogP contribution in [0.25, 0.3) is 5.52 Å². The quantitative estimate of drug-likeness (QED) is 0.887. The molecule has 0 aliphatic rings. The van der Waals surface area contributed by atoms with E-state index in [-0.39, 0.29) is 11.7 Å². The Hall–Kier alpha value is -1.59. The van der Waals surface area contributed by atoms with Crippen molar-refractivity contribution >= 4 is 23.1 Å². The summed E-state index contributed by atoms with van der Waals surface area (Å²) >= 11 is 6.05. The second-order valence-corrected chi connectivity index (χ2v) is 4.56. The first-order valence-corrected chi connectivity index (χ1v) is 5.98. The summed E-state index contributed by atoms with van der Waals surface area (Å²) in [6, 6.07) is 3.64. The number of halogens is 1. The lowest BCUT2D eigenvalue weighted by molar-refractivity contribution is 0.0693. The van der Waals surface area contributed by atoms with Gasteiger partial charge in [-0.05, 0) is 26.1 Å². The van der Waals surface area contributed by atoms with Gasteiger partial charge in [-0.15, -0.1) is 0 Å². The number of aromatic carboxylic acids is 1. The highest BCUT2D eigenvalue weighted by atomic mass is 35.5. The van der Waals surface area contributed by atoms with Crippen molar-refractivity contribution in [3.8, 4) is 0 Å². The van der Waals surface area contributed by atoms with Crippen LogP contribution in [0, 0.1) is 0 Å². The van der Waals surface area contributed by atoms with Crippen molar-refractivity contribution in [2.24, 2.45) is 0 Å². The molecular formula is C12H14ClN3O2. The number of likely N-dealkylation sites (N-methyl/N-ethyl adjacent to an activating group) is 1. The molecule has 0 fully saturated rings. The number of pyridine rings is 1. The van der Waals surface area contributed by atoms with Crippen molar-refractivity contribution < 1.29 is 9.90 Å². The summed E-state index contributed by atoms with van der Waals surface area (Å²) in [4.78, 5) is 15.4. The topological polar surface area (TPSA) is 66.6 Å². The van der Waals surface area contributed by atoms with Crippen LogP contribution in [0.15, 0.2) is 18.3 Å². The van der Waals surface area contributed by atoms with Gasteiger partial charge in [0.25, 0.3) is 0 Å². The van der Waals surface area contributed by atoms with Crippen LogP contribution < -0.4 is 5.32 Å². The third-order valence-corrected chi connectivity index (χ3v) is 3.18. The molecule has 0 aliphatic heterocycles. The minimum Gasteiger partial charge on any atom is -0.476 e. The number of rotatable bonds is 4. The zero-order chi connectivity index (χ0) is 13.3. The van der Waals surface area contributed by atoms with Crippen molar-refractivity contribution in [1.82, 2.24) is 14.7 Å². The fourth-order valence-electron chi connectivity index (χ4n) is 1.83. The van der Waals surface area contributed by atoms with E-state index in [0.717, 1.165) is 0 Å². The van der Waals surface area contributed by atoms with Crippen molar-refractivity contribution in [2.75, 3.05) is 7.05 Å². The number of fused-ring (bicyclic) bond motifs is 1. The van der Waals surface area contributed by atoms with Gasteiger partial charge in [-0.1, -0.05) is 11.6 Å².